The summed E-state index contributed by atoms with van der Waals surface area (Å²) in [5, 5.41) is 16.9. The van der Waals surface area contributed by atoms with Gasteiger partial charge in [-0.2, -0.15) is 0 Å². The van der Waals surface area contributed by atoms with E-state index in [0.29, 0.717) is 0 Å². The van der Waals surface area contributed by atoms with Crippen LogP contribution in [0.3, 0.4) is 0 Å². The maximum Gasteiger partial charge on any atom is 0.407 e. The van der Waals surface area contributed by atoms with Gasteiger partial charge in [-0.05, 0) is 28.2 Å². The molecule has 9 heteroatoms. The van der Waals surface area contributed by atoms with Crippen molar-refractivity contribution in [3.05, 3.63) is 59.7 Å². The lowest BCUT2D eigenvalue weighted by Gasteiger charge is -2.23. The third-order valence-electron chi connectivity index (χ3n) is 6.67. The van der Waals surface area contributed by atoms with Gasteiger partial charge in [-0.25, -0.2) is 4.79 Å². The molecule has 2 aromatic carbocycles. The third-order valence-corrected chi connectivity index (χ3v) is 6.67. The van der Waals surface area contributed by atoms with E-state index in [0.717, 1.165) is 22.3 Å². The predicted octanol–water partition coefficient (Wildman–Crippen LogP) is 2.26. The average Bonchev–Trinajstić information content (AvgIpc) is 3.35. The van der Waals surface area contributed by atoms with Crippen LogP contribution in [0.25, 0.3) is 11.1 Å². The Balaban J connectivity index is 1.35. The first-order valence-corrected chi connectivity index (χ1v) is 11.7. The molecule has 3 amide bonds. The Morgan fingerprint density at radius 2 is 1.66 bits per heavy atom. The quantitative estimate of drug-likeness (QED) is 0.459. The first-order valence-electron chi connectivity index (χ1n) is 11.7. The molecule has 1 saturated heterocycles. The summed E-state index contributed by atoms with van der Waals surface area (Å²) in [5.74, 6) is -3.42. The van der Waals surface area contributed by atoms with Crippen molar-refractivity contribution >= 4 is 23.9 Å². The minimum Gasteiger partial charge on any atom is -0.481 e. The molecule has 1 fully saturated rings. The maximum atomic E-state index is 12.7. The molecule has 0 spiro atoms. The number of carboxylic acids is 1. The van der Waals surface area contributed by atoms with Gasteiger partial charge in [0, 0.05) is 24.9 Å². The van der Waals surface area contributed by atoms with Gasteiger partial charge in [-0.1, -0.05) is 62.4 Å². The van der Waals surface area contributed by atoms with Gasteiger partial charge in [0.05, 0.1) is 0 Å². The Kier molecular flexibility index (Phi) is 7.04. The average molecular weight is 480 g/mol. The summed E-state index contributed by atoms with van der Waals surface area (Å²) >= 11 is 0. The fourth-order valence-corrected chi connectivity index (χ4v) is 4.69. The second kappa shape index (κ2) is 10.2. The molecule has 3 unspecified atom stereocenters. The van der Waals surface area contributed by atoms with E-state index in [1.54, 1.807) is 0 Å². The largest absolute Gasteiger partial charge is 0.481 e. The summed E-state index contributed by atoms with van der Waals surface area (Å²) in [4.78, 5) is 48.5. The zero-order valence-electron chi connectivity index (χ0n) is 19.6. The number of hydrogen-bond acceptors (Lipinski definition) is 5. The molecule has 4 N–H and O–H groups in total. The van der Waals surface area contributed by atoms with Gasteiger partial charge < -0.3 is 25.8 Å². The topological polar surface area (TPSA) is 134 Å². The molecule has 1 aliphatic heterocycles. The Morgan fingerprint density at radius 1 is 1.06 bits per heavy atom. The maximum absolute atomic E-state index is 12.7. The first-order chi connectivity index (χ1) is 16.8. The summed E-state index contributed by atoms with van der Waals surface area (Å²) in [5.41, 5.74) is 4.46. The standard InChI is InChI=1S/C26H29N3O6/c1-14(2)21(11-22(30)29-23-19(25(32)33)12-27-24(23)31)28-26(34)35-13-20-17-9-5-3-7-15(17)16-8-4-6-10-18(16)20/h3-10,14,19-21,23H,11-13H2,1-2H3,(H,27,31)(H,28,34)(H,29,30)(H,32,33). The van der Waals surface area contributed by atoms with Crippen LogP contribution in [0.5, 0.6) is 0 Å². The zero-order valence-corrected chi connectivity index (χ0v) is 19.6. The number of amides is 3. The van der Waals surface area contributed by atoms with Crippen molar-refractivity contribution in [2.45, 2.75) is 38.3 Å². The lowest BCUT2D eigenvalue weighted by atomic mass is 9.98. The monoisotopic (exact) mass is 479 g/mol. The minimum absolute atomic E-state index is 0.0370. The third kappa shape index (κ3) is 5.13. The predicted molar refractivity (Wildman–Crippen MR) is 128 cm³/mol. The lowest BCUT2D eigenvalue weighted by Crippen LogP contribution is -2.48. The van der Waals surface area contributed by atoms with E-state index in [1.807, 2.05) is 50.2 Å². The molecule has 0 bridgehead atoms. The Morgan fingerprint density at radius 3 is 2.23 bits per heavy atom. The Hall–Kier alpha value is -3.88. The van der Waals surface area contributed by atoms with E-state index in [4.69, 9.17) is 4.74 Å². The number of hydrogen-bond donors (Lipinski definition) is 4. The fraction of sp³-hybridized carbons (Fsp3) is 0.385. The van der Waals surface area contributed by atoms with E-state index in [-0.39, 0.29) is 31.4 Å². The van der Waals surface area contributed by atoms with Gasteiger partial charge in [-0.3, -0.25) is 14.4 Å². The van der Waals surface area contributed by atoms with Gasteiger partial charge in [0.25, 0.3) is 0 Å². The number of alkyl carbamates (subject to hydrolysis) is 1. The summed E-state index contributed by atoms with van der Waals surface area (Å²) in [7, 11) is 0. The molecular weight excluding hydrogens is 450 g/mol. The summed E-state index contributed by atoms with van der Waals surface area (Å²) in [6, 6.07) is 14.4. The van der Waals surface area contributed by atoms with Crippen LogP contribution in [-0.2, 0) is 19.1 Å². The van der Waals surface area contributed by atoms with Crippen LogP contribution < -0.4 is 16.0 Å². The number of benzene rings is 2. The molecule has 1 heterocycles. The van der Waals surface area contributed by atoms with Crippen molar-refractivity contribution in [1.29, 1.82) is 0 Å². The van der Waals surface area contributed by atoms with E-state index in [1.165, 1.54) is 0 Å². The number of rotatable bonds is 8. The van der Waals surface area contributed by atoms with Gasteiger partial charge >= 0.3 is 12.1 Å². The van der Waals surface area contributed by atoms with Crippen LogP contribution >= 0.6 is 0 Å². The number of ether oxygens (including phenoxy) is 1. The van der Waals surface area contributed by atoms with Crippen LogP contribution in [0.4, 0.5) is 4.79 Å². The van der Waals surface area contributed by atoms with Crippen molar-refractivity contribution in [2.75, 3.05) is 13.2 Å². The number of carbonyl (C=O) groups is 4. The second-order valence-electron chi connectivity index (χ2n) is 9.26. The Labute approximate surface area is 203 Å². The lowest BCUT2D eigenvalue weighted by molar-refractivity contribution is -0.143. The number of nitrogens with one attached hydrogen (secondary N) is 3. The summed E-state index contributed by atoms with van der Waals surface area (Å²) < 4.78 is 5.58. The van der Waals surface area contributed by atoms with Crippen LogP contribution in [0, 0.1) is 11.8 Å². The molecule has 35 heavy (non-hydrogen) atoms. The van der Waals surface area contributed by atoms with Gasteiger partial charge in [0.15, 0.2) is 0 Å². The van der Waals surface area contributed by atoms with Gasteiger partial charge in [0.2, 0.25) is 11.8 Å². The fourth-order valence-electron chi connectivity index (χ4n) is 4.69. The number of carbonyl (C=O) groups excluding carboxylic acids is 3. The highest BCUT2D eigenvalue weighted by atomic mass is 16.5. The highest BCUT2D eigenvalue weighted by Crippen LogP contribution is 2.44. The molecule has 0 radical (unpaired) electrons. The first kappa shape index (κ1) is 24.3. The number of aliphatic carboxylic acids is 1. The number of fused-ring (bicyclic) bond motifs is 3. The van der Waals surface area contributed by atoms with Crippen LogP contribution in [-0.4, -0.2) is 54.2 Å². The molecule has 4 rings (SSSR count). The van der Waals surface area contributed by atoms with E-state index in [2.05, 4.69) is 28.1 Å². The molecule has 9 nitrogen and oxygen atoms in total. The highest BCUT2D eigenvalue weighted by Gasteiger charge is 2.40. The summed E-state index contributed by atoms with van der Waals surface area (Å²) in [6.45, 7) is 3.82. The molecule has 0 saturated carbocycles. The van der Waals surface area contributed by atoms with Crippen molar-refractivity contribution < 1.29 is 29.0 Å². The molecule has 3 atom stereocenters. The van der Waals surface area contributed by atoms with Crippen molar-refractivity contribution in [3.8, 4) is 11.1 Å². The van der Waals surface area contributed by atoms with E-state index in [9.17, 15) is 24.3 Å². The molecule has 1 aliphatic carbocycles. The highest BCUT2D eigenvalue weighted by molar-refractivity contribution is 5.94. The van der Waals surface area contributed by atoms with Crippen LogP contribution in [0.15, 0.2) is 48.5 Å². The molecule has 184 valence electrons. The Bertz CT molecular complexity index is 1100. The summed E-state index contributed by atoms with van der Waals surface area (Å²) in [6.07, 6.45) is -0.752. The number of carboxylic acid groups (broad SMARTS) is 1. The smallest absolute Gasteiger partial charge is 0.407 e. The van der Waals surface area contributed by atoms with Crippen molar-refractivity contribution in [2.24, 2.45) is 11.8 Å². The molecule has 2 aliphatic rings. The SMILES string of the molecule is CC(C)C(CC(=O)NC1C(=O)NCC1C(=O)O)NC(=O)OCC1c2ccccc2-c2ccccc21. The van der Waals surface area contributed by atoms with Crippen molar-refractivity contribution in [1.82, 2.24) is 16.0 Å². The van der Waals surface area contributed by atoms with E-state index >= 15 is 0 Å². The molecular formula is C26H29N3O6. The van der Waals surface area contributed by atoms with Gasteiger partial charge in [0.1, 0.15) is 18.6 Å². The van der Waals surface area contributed by atoms with Crippen LogP contribution in [0.1, 0.15) is 37.3 Å². The minimum atomic E-state index is -1.16. The van der Waals surface area contributed by atoms with Crippen LogP contribution in [0.2, 0.25) is 0 Å². The second-order valence-corrected chi connectivity index (χ2v) is 9.26. The van der Waals surface area contributed by atoms with Crippen molar-refractivity contribution in [3.63, 3.8) is 0 Å². The normalized spacial score (nSPS) is 19.5. The molecule has 2 aromatic rings. The zero-order chi connectivity index (χ0) is 25.1. The molecule has 0 aromatic heterocycles. The van der Waals surface area contributed by atoms with E-state index < -0.39 is 41.9 Å². The van der Waals surface area contributed by atoms with Gasteiger partial charge in [-0.15, -0.1) is 0 Å².